The number of ether oxygens (including phenoxy) is 1. The molecule has 0 radical (unpaired) electrons. The summed E-state index contributed by atoms with van der Waals surface area (Å²) < 4.78 is 5.20. The topological polar surface area (TPSA) is 38.3 Å². The Kier molecular flexibility index (Phi) is 2.61. The van der Waals surface area contributed by atoms with Crippen molar-refractivity contribution in [2.75, 3.05) is 18.7 Å². The van der Waals surface area contributed by atoms with Crippen LogP contribution in [0.15, 0.2) is 12.1 Å². The van der Waals surface area contributed by atoms with Crippen LogP contribution in [0.25, 0.3) is 0 Å². The Morgan fingerprint density at radius 1 is 1.47 bits per heavy atom. The third kappa shape index (κ3) is 1.59. The van der Waals surface area contributed by atoms with Gasteiger partial charge in [0.1, 0.15) is 11.0 Å². The Hall–Kier alpha value is -1.16. The monoisotopic (exact) mass is 223 g/mol. The van der Waals surface area contributed by atoms with E-state index in [4.69, 9.17) is 4.74 Å². The standard InChI is InChI=1S/C11H13NO2S/c1-6-4-7(14-2)5-8-9(6)12-11(13)10(8)15-3/h4-5,10H,1-3H3,(H,12,13). The molecule has 1 N–H and O–H groups in total. The number of aryl methyl sites for hydroxylation is 1. The van der Waals surface area contributed by atoms with E-state index in [9.17, 15) is 4.79 Å². The summed E-state index contributed by atoms with van der Waals surface area (Å²) in [5.41, 5.74) is 3.03. The van der Waals surface area contributed by atoms with Crippen LogP contribution in [0.3, 0.4) is 0 Å². The third-order valence-electron chi connectivity index (χ3n) is 2.58. The van der Waals surface area contributed by atoms with Gasteiger partial charge in [0.2, 0.25) is 5.91 Å². The number of thioether (sulfide) groups is 1. The van der Waals surface area contributed by atoms with Crippen LogP contribution in [-0.2, 0) is 4.79 Å². The smallest absolute Gasteiger partial charge is 0.242 e. The zero-order valence-electron chi connectivity index (χ0n) is 8.96. The molecule has 0 fully saturated rings. The molecule has 0 aliphatic carbocycles. The Morgan fingerprint density at radius 2 is 2.20 bits per heavy atom. The van der Waals surface area contributed by atoms with Gasteiger partial charge >= 0.3 is 0 Å². The molecule has 1 unspecified atom stereocenters. The van der Waals surface area contributed by atoms with E-state index in [1.807, 2.05) is 25.3 Å². The van der Waals surface area contributed by atoms with Gasteiger partial charge in [0, 0.05) is 11.3 Å². The van der Waals surface area contributed by atoms with Crippen molar-refractivity contribution < 1.29 is 9.53 Å². The van der Waals surface area contributed by atoms with Crippen molar-refractivity contribution >= 4 is 23.4 Å². The van der Waals surface area contributed by atoms with Crippen molar-refractivity contribution in [3.8, 4) is 5.75 Å². The number of methoxy groups -OCH3 is 1. The highest BCUT2D eigenvalue weighted by Gasteiger charge is 2.31. The number of fused-ring (bicyclic) bond motifs is 1. The van der Waals surface area contributed by atoms with Crippen molar-refractivity contribution in [2.24, 2.45) is 0 Å². The highest BCUT2D eigenvalue weighted by atomic mass is 32.2. The zero-order chi connectivity index (χ0) is 11.0. The van der Waals surface area contributed by atoms with Gasteiger partial charge in [-0.3, -0.25) is 4.79 Å². The number of rotatable bonds is 2. The van der Waals surface area contributed by atoms with Crippen LogP contribution in [0.5, 0.6) is 5.75 Å². The predicted octanol–water partition coefficient (Wildman–Crippen LogP) is 2.36. The fourth-order valence-electron chi connectivity index (χ4n) is 1.84. The fourth-order valence-corrected chi connectivity index (χ4v) is 2.55. The van der Waals surface area contributed by atoms with Crippen molar-refractivity contribution in [1.29, 1.82) is 0 Å². The molecule has 0 aromatic heterocycles. The lowest BCUT2D eigenvalue weighted by molar-refractivity contribution is -0.115. The summed E-state index contributed by atoms with van der Waals surface area (Å²) in [4.78, 5) is 11.6. The van der Waals surface area contributed by atoms with E-state index < -0.39 is 0 Å². The van der Waals surface area contributed by atoms with E-state index in [2.05, 4.69) is 5.32 Å². The van der Waals surface area contributed by atoms with Gasteiger partial charge in [-0.1, -0.05) is 0 Å². The van der Waals surface area contributed by atoms with E-state index in [0.29, 0.717) is 0 Å². The largest absolute Gasteiger partial charge is 0.497 e. The van der Waals surface area contributed by atoms with E-state index >= 15 is 0 Å². The van der Waals surface area contributed by atoms with Gasteiger partial charge in [0.15, 0.2) is 0 Å². The molecule has 80 valence electrons. The lowest BCUT2D eigenvalue weighted by atomic mass is 10.1. The number of carbonyl (C=O) groups is 1. The van der Waals surface area contributed by atoms with Crippen LogP contribution in [0, 0.1) is 6.92 Å². The minimum absolute atomic E-state index is 0.0638. The van der Waals surface area contributed by atoms with E-state index in [1.54, 1.807) is 18.9 Å². The molecule has 0 bridgehead atoms. The normalized spacial score (nSPS) is 18.6. The summed E-state index contributed by atoms with van der Waals surface area (Å²) >= 11 is 1.54. The number of anilines is 1. The molecular formula is C11H13NO2S. The zero-order valence-corrected chi connectivity index (χ0v) is 9.77. The van der Waals surface area contributed by atoms with E-state index in [1.165, 1.54) is 0 Å². The molecule has 1 aromatic carbocycles. The Labute approximate surface area is 93.2 Å². The number of nitrogens with one attached hydrogen (secondary N) is 1. The Balaban J connectivity index is 2.54. The second-order valence-electron chi connectivity index (χ2n) is 3.51. The second-order valence-corrected chi connectivity index (χ2v) is 4.46. The summed E-state index contributed by atoms with van der Waals surface area (Å²) in [7, 11) is 1.64. The minimum Gasteiger partial charge on any atom is -0.497 e. The Bertz CT molecular complexity index is 417. The van der Waals surface area contributed by atoms with Gasteiger partial charge in [0.25, 0.3) is 0 Å². The first-order valence-electron chi connectivity index (χ1n) is 4.69. The molecule has 1 atom stereocenters. The SMILES string of the molecule is COc1cc(C)c2c(c1)C(SC)C(=O)N2. The van der Waals surface area contributed by atoms with Crippen LogP contribution in [0.4, 0.5) is 5.69 Å². The maximum atomic E-state index is 11.6. The average Bonchev–Trinajstić information content (AvgIpc) is 2.54. The second kappa shape index (κ2) is 3.77. The quantitative estimate of drug-likeness (QED) is 0.836. The van der Waals surface area contributed by atoms with Gasteiger partial charge in [-0.05, 0) is 30.9 Å². The van der Waals surface area contributed by atoms with Crippen LogP contribution < -0.4 is 10.1 Å². The fraction of sp³-hybridized carbons (Fsp3) is 0.364. The lowest BCUT2D eigenvalue weighted by Gasteiger charge is -2.08. The van der Waals surface area contributed by atoms with Gasteiger partial charge in [-0.2, -0.15) is 0 Å². The molecule has 1 heterocycles. The number of carbonyl (C=O) groups excluding carboxylic acids is 1. The number of amides is 1. The highest BCUT2D eigenvalue weighted by molar-refractivity contribution is 7.99. The molecule has 3 nitrogen and oxygen atoms in total. The van der Waals surface area contributed by atoms with Crippen LogP contribution >= 0.6 is 11.8 Å². The van der Waals surface area contributed by atoms with Crippen LogP contribution in [0.2, 0.25) is 0 Å². The molecule has 1 aliphatic heterocycles. The third-order valence-corrected chi connectivity index (χ3v) is 3.52. The van der Waals surface area contributed by atoms with Crippen LogP contribution in [-0.4, -0.2) is 19.3 Å². The summed E-state index contributed by atoms with van der Waals surface area (Å²) in [6.45, 7) is 1.98. The summed E-state index contributed by atoms with van der Waals surface area (Å²) in [5.74, 6) is 0.871. The molecule has 4 heteroatoms. The first-order valence-corrected chi connectivity index (χ1v) is 5.98. The van der Waals surface area contributed by atoms with E-state index in [0.717, 1.165) is 22.6 Å². The molecule has 0 spiro atoms. The summed E-state index contributed by atoms with van der Waals surface area (Å²) in [5, 5.41) is 2.80. The van der Waals surface area contributed by atoms with Crippen molar-refractivity contribution in [3.63, 3.8) is 0 Å². The molecule has 0 saturated heterocycles. The first kappa shape index (κ1) is 10.4. The first-order chi connectivity index (χ1) is 7.17. The number of hydrogen-bond donors (Lipinski definition) is 1. The molecule has 1 amide bonds. The molecule has 2 rings (SSSR count). The molecular weight excluding hydrogens is 210 g/mol. The van der Waals surface area contributed by atoms with Crippen molar-refractivity contribution in [3.05, 3.63) is 23.3 Å². The maximum Gasteiger partial charge on any atom is 0.242 e. The summed E-state index contributed by atoms with van der Waals surface area (Å²) in [6, 6.07) is 3.86. The van der Waals surface area contributed by atoms with Crippen molar-refractivity contribution in [1.82, 2.24) is 0 Å². The minimum atomic E-state index is -0.103. The Morgan fingerprint density at radius 3 is 2.80 bits per heavy atom. The molecule has 0 saturated carbocycles. The molecule has 1 aromatic rings. The van der Waals surface area contributed by atoms with Crippen molar-refractivity contribution in [2.45, 2.75) is 12.2 Å². The van der Waals surface area contributed by atoms with E-state index in [-0.39, 0.29) is 11.2 Å². The van der Waals surface area contributed by atoms with Crippen LogP contribution in [0.1, 0.15) is 16.4 Å². The van der Waals surface area contributed by atoms with Gasteiger partial charge < -0.3 is 10.1 Å². The lowest BCUT2D eigenvalue weighted by Crippen LogP contribution is -2.08. The maximum absolute atomic E-state index is 11.6. The average molecular weight is 223 g/mol. The molecule has 1 aliphatic rings. The van der Waals surface area contributed by atoms with Gasteiger partial charge in [-0.25, -0.2) is 0 Å². The molecule has 15 heavy (non-hydrogen) atoms. The number of benzene rings is 1. The number of hydrogen-bond acceptors (Lipinski definition) is 3. The van der Waals surface area contributed by atoms with Gasteiger partial charge in [0.05, 0.1) is 7.11 Å². The van der Waals surface area contributed by atoms with Gasteiger partial charge in [-0.15, -0.1) is 11.8 Å². The summed E-state index contributed by atoms with van der Waals surface area (Å²) in [6.07, 6.45) is 1.94. The highest BCUT2D eigenvalue weighted by Crippen LogP contribution is 2.42. The predicted molar refractivity (Wildman–Crippen MR) is 62.6 cm³/mol.